The Bertz CT molecular complexity index is 611. The number of hydrogen-bond acceptors (Lipinski definition) is 3. The number of benzene rings is 1. The van der Waals surface area contributed by atoms with Gasteiger partial charge in [0.15, 0.2) is 0 Å². The van der Waals surface area contributed by atoms with E-state index >= 15 is 0 Å². The van der Waals surface area contributed by atoms with Crippen molar-refractivity contribution in [1.82, 2.24) is 15.5 Å². The minimum Gasteiger partial charge on any atom is -0.336 e. The number of amides is 3. The molecule has 0 aromatic heterocycles. The Labute approximate surface area is 146 Å². The topological polar surface area (TPSA) is 64.7 Å². The zero-order valence-corrected chi connectivity index (χ0v) is 14.4. The fraction of sp³-hybridized carbons (Fsp3) is 0.467. The lowest BCUT2D eigenvalue weighted by Gasteiger charge is -2.34. The molecule has 2 N–H and O–H groups in total. The highest BCUT2D eigenvalue weighted by Gasteiger charge is 2.27. The zero-order chi connectivity index (χ0) is 15.7. The predicted octanol–water partition coefficient (Wildman–Crippen LogP) is 1.73. The van der Waals surface area contributed by atoms with Gasteiger partial charge in [-0.25, -0.2) is 4.79 Å². The molecule has 3 rings (SSSR count). The normalized spacial score (nSPS) is 21.0. The quantitative estimate of drug-likeness (QED) is 0.845. The largest absolute Gasteiger partial charge is 0.336 e. The van der Waals surface area contributed by atoms with Crippen molar-refractivity contribution in [1.29, 1.82) is 0 Å². The Kier molecular flexibility index (Phi) is 5.73. The van der Waals surface area contributed by atoms with Crippen LogP contribution in [0.25, 0.3) is 0 Å². The number of hydrogen-bond donors (Lipinski definition) is 2. The average Bonchev–Trinajstić information content (AvgIpc) is 2.94. The van der Waals surface area contributed by atoms with Gasteiger partial charge >= 0.3 is 6.03 Å². The summed E-state index contributed by atoms with van der Waals surface area (Å²) in [6.45, 7) is 5.43. The molecule has 2 heterocycles. The summed E-state index contributed by atoms with van der Waals surface area (Å²) in [5.41, 5.74) is 1.15. The summed E-state index contributed by atoms with van der Waals surface area (Å²) in [6, 6.07) is 5.14. The van der Waals surface area contributed by atoms with Gasteiger partial charge < -0.3 is 15.5 Å². The molecule has 1 aromatic rings. The minimum atomic E-state index is -0.142. The maximum atomic E-state index is 12.8. The molecule has 2 fully saturated rings. The van der Waals surface area contributed by atoms with Crippen molar-refractivity contribution in [2.45, 2.75) is 13.0 Å². The first-order valence-corrected chi connectivity index (χ1v) is 7.82. The van der Waals surface area contributed by atoms with Gasteiger partial charge in [-0.2, -0.15) is 0 Å². The standard InChI is InChI=1S/C15H19ClN4O2.ClH/c1-10-9-17-4-6-19(10)14(21)12-8-11(2-3-13(12)16)20-7-5-18-15(20)22;/h2-3,8,10,17H,4-7,9H2,1H3,(H,18,22);1H/t10-;/m0./s1. The highest BCUT2D eigenvalue weighted by atomic mass is 35.5. The number of carbonyl (C=O) groups is 2. The molecular formula is C15H20Cl2N4O2. The molecule has 2 aliphatic heterocycles. The van der Waals surface area contributed by atoms with Crippen molar-refractivity contribution < 1.29 is 9.59 Å². The molecule has 1 atom stereocenters. The fourth-order valence-corrected chi connectivity index (χ4v) is 3.06. The molecule has 6 nitrogen and oxygen atoms in total. The average molecular weight is 359 g/mol. The van der Waals surface area contributed by atoms with Gasteiger partial charge in [0, 0.05) is 44.5 Å². The number of urea groups is 1. The van der Waals surface area contributed by atoms with Crippen LogP contribution in [0.3, 0.4) is 0 Å². The smallest absolute Gasteiger partial charge is 0.321 e. The van der Waals surface area contributed by atoms with Crippen LogP contribution < -0.4 is 15.5 Å². The third kappa shape index (κ3) is 3.54. The summed E-state index contributed by atoms with van der Waals surface area (Å²) in [6.07, 6.45) is 0. The highest BCUT2D eigenvalue weighted by Crippen LogP contribution is 2.26. The maximum absolute atomic E-state index is 12.8. The fourth-order valence-electron chi connectivity index (χ4n) is 2.86. The molecule has 0 aliphatic carbocycles. The third-order valence-electron chi connectivity index (χ3n) is 4.11. The second-order valence-electron chi connectivity index (χ2n) is 5.60. The highest BCUT2D eigenvalue weighted by molar-refractivity contribution is 6.34. The molecule has 3 amide bonds. The van der Waals surface area contributed by atoms with E-state index in [-0.39, 0.29) is 30.4 Å². The van der Waals surface area contributed by atoms with Crippen molar-refractivity contribution in [3.63, 3.8) is 0 Å². The number of halogens is 2. The Balaban J connectivity index is 0.00000192. The Morgan fingerprint density at radius 1 is 1.30 bits per heavy atom. The van der Waals surface area contributed by atoms with Crippen molar-refractivity contribution in [2.24, 2.45) is 0 Å². The zero-order valence-electron chi connectivity index (χ0n) is 12.8. The van der Waals surface area contributed by atoms with E-state index in [1.54, 1.807) is 23.1 Å². The first-order chi connectivity index (χ1) is 10.6. The van der Waals surface area contributed by atoms with Gasteiger partial charge in [0.05, 0.1) is 10.6 Å². The lowest BCUT2D eigenvalue weighted by Crippen LogP contribution is -2.52. The van der Waals surface area contributed by atoms with E-state index in [0.717, 1.165) is 13.1 Å². The van der Waals surface area contributed by atoms with Gasteiger partial charge in [0.25, 0.3) is 5.91 Å². The first kappa shape index (κ1) is 17.8. The monoisotopic (exact) mass is 358 g/mol. The van der Waals surface area contributed by atoms with Crippen LogP contribution in [0.4, 0.5) is 10.5 Å². The van der Waals surface area contributed by atoms with Crippen LogP contribution >= 0.6 is 24.0 Å². The summed E-state index contributed by atoms with van der Waals surface area (Å²) in [4.78, 5) is 28.0. The van der Waals surface area contributed by atoms with E-state index in [1.165, 1.54) is 0 Å². The molecule has 8 heteroatoms. The van der Waals surface area contributed by atoms with E-state index in [4.69, 9.17) is 11.6 Å². The van der Waals surface area contributed by atoms with Crippen molar-refractivity contribution in [3.05, 3.63) is 28.8 Å². The van der Waals surface area contributed by atoms with Crippen LogP contribution in [0.2, 0.25) is 5.02 Å². The van der Waals surface area contributed by atoms with E-state index in [9.17, 15) is 9.59 Å². The maximum Gasteiger partial charge on any atom is 0.321 e. The molecule has 0 saturated carbocycles. The molecule has 126 valence electrons. The van der Waals surface area contributed by atoms with Crippen molar-refractivity contribution >= 4 is 41.6 Å². The van der Waals surface area contributed by atoms with E-state index < -0.39 is 0 Å². The summed E-state index contributed by atoms with van der Waals surface area (Å²) in [7, 11) is 0. The number of carbonyl (C=O) groups excluding carboxylic acids is 2. The number of piperazine rings is 1. The van der Waals surface area contributed by atoms with Crippen LogP contribution in [0.15, 0.2) is 18.2 Å². The number of anilines is 1. The lowest BCUT2D eigenvalue weighted by atomic mass is 10.1. The Morgan fingerprint density at radius 2 is 2.09 bits per heavy atom. The van der Waals surface area contributed by atoms with Crippen molar-refractivity contribution in [2.75, 3.05) is 37.6 Å². The number of rotatable bonds is 2. The molecule has 0 bridgehead atoms. The van der Waals surface area contributed by atoms with Gasteiger partial charge in [-0.3, -0.25) is 9.69 Å². The third-order valence-corrected chi connectivity index (χ3v) is 4.44. The second-order valence-corrected chi connectivity index (χ2v) is 6.01. The lowest BCUT2D eigenvalue weighted by molar-refractivity contribution is 0.0656. The van der Waals surface area contributed by atoms with Crippen LogP contribution in [0.1, 0.15) is 17.3 Å². The van der Waals surface area contributed by atoms with E-state index in [2.05, 4.69) is 10.6 Å². The van der Waals surface area contributed by atoms with E-state index in [0.29, 0.717) is 35.9 Å². The summed E-state index contributed by atoms with van der Waals surface area (Å²) >= 11 is 6.22. The number of nitrogens with one attached hydrogen (secondary N) is 2. The number of nitrogens with zero attached hydrogens (tertiary/aromatic N) is 2. The second kappa shape index (κ2) is 7.38. The van der Waals surface area contributed by atoms with Gasteiger partial charge in [0.2, 0.25) is 0 Å². The van der Waals surface area contributed by atoms with Crippen LogP contribution in [-0.4, -0.2) is 55.6 Å². The molecule has 0 unspecified atom stereocenters. The minimum absolute atomic E-state index is 0. The molecule has 2 saturated heterocycles. The van der Waals surface area contributed by atoms with Crippen molar-refractivity contribution in [3.8, 4) is 0 Å². The SMILES string of the molecule is C[C@H]1CNCCN1C(=O)c1cc(N2CCNC2=O)ccc1Cl.Cl. The summed E-state index contributed by atoms with van der Waals surface area (Å²) in [5, 5.41) is 6.43. The van der Waals surface area contributed by atoms with Crippen LogP contribution in [-0.2, 0) is 0 Å². The van der Waals surface area contributed by atoms with Gasteiger partial charge in [-0.05, 0) is 25.1 Å². The summed E-state index contributed by atoms with van der Waals surface area (Å²) in [5.74, 6) is -0.0829. The molecule has 23 heavy (non-hydrogen) atoms. The Morgan fingerprint density at radius 3 is 2.74 bits per heavy atom. The van der Waals surface area contributed by atoms with Gasteiger partial charge in [-0.1, -0.05) is 11.6 Å². The van der Waals surface area contributed by atoms with Crippen LogP contribution in [0.5, 0.6) is 0 Å². The van der Waals surface area contributed by atoms with Gasteiger partial charge in [-0.15, -0.1) is 12.4 Å². The molecule has 1 aromatic carbocycles. The molecular weight excluding hydrogens is 339 g/mol. The summed E-state index contributed by atoms with van der Waals surface area (Å²) < 4.78 is 0. The van der Waals surface area contributed by atoms with Crippen LogP contribution in [0, 0.1) is 0 Å². The molecule has 2 aliphatic rings. The molecule has 0 spiro atoms. The van der Waals surface area contributed by atoms with Gasteiger partial charge in [0.1, 0.15) is 0 Å². The molecule has 0 radical (unpaired) electrons. The first-order valence-electron chi connectivity index (χ1n) is 7.44. The van der Waals surface area contributed by atoms with E-state index in [1.807, 2.05) is 11.8 Å². The predicted molar refractivity (Wildman–Crippen MR) is 92.8 cm³/mol. The Hall–Kier alpha value is -1.50.